The Bertz CT molecular complexity index is 1050. The third kappa shape index (κ3) is 6.05. The molecule has 5 rings (SSSR count). The van der Waals surface area contributed by atoms with Gasteiger partial charge in [0, 0.05) is 45.3 Å². The van der Waals surface area contributed by atoms with Gasteiger partial charge in [-0.25, -0.2) is 4.79 Å². The van der Waals surface area contributed by atoms with Gasteiger partial charge in [-0.1, -0.05) is 24.3 Å². The van der Waals surface area contributed by atoms with Crippen molar-refractivity contribution in [2.45, 2.75) is 51.4 Å². The number of carbonyl (C=O) groups excluding carboxylic acids is 1. The Balaban J connectivity index is 1.04. The first-order valence-corrected chi connectivity index (χ1v) is 12.7. The highest BCUT2D eigenvalue weighted by Crippen LogP contribution is 2.24. The first-order chi connectivity index (χ1) is 17.0. The third-order valence-corrected chi connectivity index (χ3v) is 7.42. The van der Waals surface area contributed by atoms with Crippen LogP contribution in [0.1, 0.15) is 42.6 Å². The fraction of sp³-hybridized carbons (Fsp3) is 0.556. The molecule has 2 aromatic rings. The molecule has 2 fully saturated rings. The lowest BCUT2D eigenvalue weighted by atomic mass is 9.98. The SMILES string of the molecule is CN1CCC(OC(=O)N2CCC(COc3coc(CN4Cc5ccccc5C4)cc3=O)CC2)CC1. The average Bonchev–Trinajstić information content (AvgIpc) is 3.27. The van der Waals surface area contributed by atoms with E-state index in [1.165, 1.54) is 17.4 Å². The number of hydrogen-bond donors (Lipinski definition) is 0. The van der Waals surface area contributed by atoms with Gasteiger partial charge in [0.1, 0.15) is 18.1 Å². The quantitative estimate of drug-likeness (QED) is 0.625. The summed E-state index contributed by atoms with van der Waals surface area (Å²) < 4.78 is 17.3. The minimum atomic E-state index is -0.198. The van der Waals surface area contributed by atoms with Gasteiger partial charge >= 0.3 is 6.09 Å². The van der Waals surface area contributed by atoms with Crippen LogP contribution in [0.4, 0.5) is 4.79 Å². The molecule has 0 spiro atoms. The summed E-state index contributed by atoms with van der Waals surface area (Å²) in [4.78, 5) is 31.4. The molecule has 8 nitrogen and oxygen atoms in total. The largest absolute Gasteiger partial charge is 0.486 e. The summed E-state index contributed by atoms with van der Waals surface area (Å²) in [5.74, 6) is 1.19. The van der Waals surface area contributed by atoms with Crippen LogP contribution < -0.4 is 10.2 Å². The van der Waals surface area contributed by atoms with Gasteiger partial charge in [0.05, 0.1) is 13.2 Å². The van der Waals surface area contributed by atoms with Crippen LogP contribution in [0.15, 0.2) is 45.8 Å². The Morgan fingerprint density at radius 1 is 1.03 bits per heavy atom. The molecule has 188 valence electrons. The summed E-state index contributed by atoms with van der Waals surface area (Å²) in [6.07, 6.45) is 4.75. The van der Waals surface area contributed by atoms with Crippen LogP contribution in [0.2, 0.25) is 0 Å². The van der Waals surface area contributed by atoms with E-state index in [0.717, 1.165) is 51.9 Å². The van der Waals surface area contributed by atoms with E-state index >= 15 is 0 Å². The summed E-state index contributed by atoms with van der Waals surface area (Å²) >= 11 is 0. The molecular weight excluding hydrogens is 446 g/mol. The predicted molar refractivity (Wildman–Crippen MR) is 131 cm³/mol. The molecule has 0 unspecified atom stereocenters. The fourth-order valence-electron chi connectivity index (χ4n) is 5.17. The predicted octanol–water partition coefficient (Wildman–Crippen LogP) is 3.48. The normalized spacial score (nSPS) is 20.1. The lowest BCUT2D eigenvalue weighted by Gasteiger charge is -2.34. The van der Waals surface area contributed by atoms with Gasteiger partial charge in [-0.2, -0.15) is 0 Å². The molecule has 0 radical (unpaired) electrons. The van der Waals surface area contributed by atoms with Crippen LogP contribution in [0.3, 0.4) is 0 Å². The van der Waals surface area contributed by atoms with E-state index < -0.39 is 0 Å². The maximum Gasteiger partial charge on any atom is 0.410 e. The number of carbonyl (C=O) groups is 1. The number of likely N-dealkylation sites (tertiary alicyclic amines) is 2. The topological polar surface area (TPSA) is 75.5 Å². The van der Waals surface area contributed by atoms with E-state index in [1.54, 1.807) is 11.0 Å². The zero-order valence-electron chi connectivity index (χ0n) is 20.5. The molecule has 35 heavy (non-hydrogen) atoms. The molecule has 0 aliphatic carbocycles. The van der Waals surface area contributed by atoms with Crippen molar-refractivity contribution in [3.05, 3.63) is 63.7 Å². The molecule has 0 bridgehead atoms. The van der Waals surface area contributed by atoms with Crippen molar-refractivity contribution in [1.29, 1.82) is 0 Å². The zero-order chi connectivity index (χ0) is 24.2. The summed E-state index contributed by atoms with van der Waals surface area (Å²) in [5, 5.41) is 0. The van der Waals surface area contributed by atoms with Crippen molar-refractivity contribution < 1.29 is 18.7 Å². The highest BCUT2D eigenvalue weighted by molar-refractivity contribution is 5.67. The monoisotopic (exact) mass is 481 g/mol. The summed E-state index contributed by atoms with van der Waals surface area (Å²) in [6, 6.07) is 9.94. The van der Waals surface area contributed by atoms with E-state index in [1.807, 2.05) is 0 Å². The molecule has 3 aliphatic rings. The minimum Gasteiger partial charge on any atom is -0.486 e. The Morgan fingerprint density at radius 2 is 1.71 bits per heavy atom. The van der Waals surface area contributed by atoms with Gasteiger partial charge in [-0.15, -0.1) is 0 Å². The second kappa shape index (κ2) is 10.8. The number of benzene rings is 1. The van der Waals surface area contributed by atoms with Gasteiger partial charge in [-0.3, -0.25) is 9.69 Å². The molecule has 3 aliphatic heterocycles. The highest BCUT2D eigenvalue weighted by atomic mass is 16.6. The molecule has 0 saturated carbocycles. The minimum absolute atomic E-state index is 0.0303. The Kier molecular flexibility index (Phi) is 7.39. The van der Waals surface area contributed by atoms with E-state index in [4.69, 9.17) is 13.9 Å². The maximum absolute atomic E-state index is 12.6. The second-order valence-corrected chi connectivity index (χ2v) is 10.1. The number of piperidine rings is 2. The highest BCUT2D eigenvalue weighted by Gasteiger charge is 2.28. The smallest absolute Gasteiger partial charge is 0.410 e. The molecule has 0 atom stereocenters. The number of nitrogens with zero attached hydrogens (tertiary/aromatic N) is 3. The maximum atomic E-state index is 12.6. The van der Waals surface area contributed by atoms with Gasteiger partial charge in [0.25, 0.3) is 0 Å². The lowest BCUT2D eigenvalue weighted by molar-refractivity contribution is 0.0246. The number of fused-ring (bicyclic) bond motifs is 1. The first kappa shape index (κ1) is 23.9. The van der Waals surface area contributed by atoms with Gasteiger partial charge < -0.3 is 23.7 Å². The van der Waals surface area contributed by atoms with Crippen LogP contribution in [0, 0.1) is 5.92 Å². The van der Waals surface area contributed by atoms with Crippen molar-refractivity contribution in [2.75, 3.05) is 39.8 Å². The first-order valence-electron chi connectivity index (χ1n) is 12.7. The Hall–Kier alpha value is -2.84. The van der Waals surface area contributed by atoms with Crippen LogP contribution in [0.5, 0.6) is 5.75 Å². The van der Waals surface area contributed by atoms with Gasteiger partial charge in [0.15, 0.2) is 0 Å². The third-order valence-electron chi connectivity index (χ3n) is 7.42. The molecule has 0 N–H and O–H groups in total. The lowest BCUT2D eigenvalue weighted by Crippen LogP contribution is -2.43. The van der Waals surface area contributed by atoms with Crippen molar-refractivity contribution in [1.82, 2.24) is 14.7 Å². The molecular formula is C27H35N3O5. The zero-order valence-corrected chi connectivity index (χ0v) is 20.5. The summed E-state index contributed by atoms with van der Waals surface area (Å²) in [7, 11) is 2.09. The Labute approximate surface area is 206 Å². The van der Waals surface area contributed by atoms with Crippen molar-refractivity contribution in [3.63, 3.8) is 0 Å². The van der Waals surface area contributed by atoms with Crippen LogP contribution in [0.25, 0.3) is 0 Å². The number of amides is 1. The van der Waals surface area contributed by atoms with E-state index in [2.05, 4.69) is 41.1 Å². The van der Waals surface area contributed by atoms with Crippen molar-refractivity contribution in [2.24, 2.45) is 5.92 Å². The average molecular weight is 482 g/mol. The van der Waals surface area contributed by atoms with Crippen LogP contribution in [-0.4, -0.2) is 66.7 Å². The fourth-order valence-corrected chi connectivity index (χ4v) is 5.17. The molecule has 2 saturated heterocycles. The molecule has 1 aromatic carbocycles. The Morgan fingerprint density at radius 3 is 2.37 bits per heavy atom. The standard InChI is InChI=1S/C27H35N3O5/c1-28-10-8-23(9-11-28)35-27(32)30-12-6-20(7-13-30)18-34-26-19-33-24(14-25(26)31)17-29-15-21-4-2-3-5-22(21)16-29/h2-5,14,19-20,23H,6-13,15-18H2,1H3. The van der Waals surface area contributed by atoms with E-state index in [0.29, 0.717) is 37.9 Å². The van der Waals surface area contributed by atoms with Gasteiger partial charge in [-0.05, 0) is 49.8 Å². The molecule has 1 amide bonds. The molecule has 8 heteroatoms. The van der Waals surface area contributed by atoms with E-state index in [-0.39, 0.29) is 23.4 Å². The molecule has 1 aromatic heterocycles. The van der Waals surface area contributed by atoms with Crippen molar-refractivity contribution in [3.8, 4) is 5.75 Å². The van der Waals surface area contributed by atoms with Crippen LogP contribution in [-0.2, 0) is 24.4 Å². The molecule has 4 heterocycles. The number of rotatable bonds is 6. The van der Waals surface area contributed by atoms with E-state index in [9.17, 15) is 9.59 Å². The van der Waals surface area contributed by atoms with Gasteiger partial charge in [0.2, 0.25) is 11.2 Å². The second-order valence-electron chi connectivity index (χ2n) is 10.1. The van der Waals surface area contributed by atoms with Crippen molar-refractivity contribution >= 4 is 6.09 Å². The summed E-state index contributed by atoms with van der Waals surface area (Å²) in [6.45, 7) is 6.03. The van der Waals surface area contributed by atoms with Crippen LogP contribution >= 0.6 is 0 Å². The number of hydrogen-bond acceptors (Lipinski definition) is 7. The number of ether oxygens (including phenoxy) is 2. The summed E-state index contributed by atoms with van der Waals surface area (Å²) in [5.41, 5.74) is 2.51.